The summed E-state index contributed by atoms with van der Waals surface area (Å²) in [5.74, 6) is 0.614. The number of benzene rings is 1. The lowest BCUT2D eigenvalue weighted by atomic mass is 9.90. The lowest BCUT2D eigenvalue weighted by Crippen LogP contribution is -2.51. The molecule has 1 aromatic rings. The first-order valence-electron chi connectivity index (χ1n) is 6.82. The van der Waals surface area contributed by atoms with Crippen molar-refractivity contribution in [3.8, 4) is 0 Å². The SMILES string of the molecule is CSc1ccc(C(=O)N2CCCC(C)C2CN)cc1. The average Bonchev–Trinajstić information content (AvgIpc) is 2.46. The number of nitrogens with two attached hydrogens (primary N) is 1. The molecule has 0 bridgehead atoms. The molecular weight excluding hydrogens is 256 g/mol. The van der Waals surface area contributed by atoms with E-state index in [4.69, 9.17) is 5.73 Å². The van der Waals surface area contributed by atoms with E-state index in [0.29, 0.717) is 12.5 Å². The maximum Gasteiger partial charge on any atom is 0.254 e. The van der Waals surface area contributed by atoms with Crippen molar-refractivity contribution in [3.05, 3.63) is 29.8 Å². The Hall–Kier alpha value is -1.00. The molecule has 1 aromatic carbocycles. The minimum Gasteiger partial charge on any atom is -0.334 e. The predicted molar refractivity (Wildman–Crippen MR) is 80.5 cm³/mol. The van der Waals surface area contributed by atoms with Crippen LogP contribution in [-0.4, -0.2) is 36.2 Å². The molecule has 2 unspecified atom stereocenters. The molecule has 1 saturated heterocycles. The molecule has 0 radical (unpaired) electrons. The quantitative estimate of drug-likeness (QED) is 0.865. The second-order valence-electron chi connectivity index (χ2n) is 5.15. The van der Waals surface area contributed by atoms with Gasteiger partial charge in [0.2, 0.25) is 0 Å². The van der Waals surface area contributed by atoms with E-state index in [2.05, 4.69) is 6.92 Å². The molecule has 1 aliphatic heterocycles. The van der Waals surface area contributed by atoms with E-state index in [1.807, 2.05) is 35.4 Å². The van der Waals surface area contributed by atoms with Crippen LogP contribution in [-0.2, 0) is 0 Å². The normalized spacial score (nSPS) is 23.4. The van der Waals surface area contributed by atoms with Crippen LogP contribution in [0.4, 0.5) is 0 Å². The van der Waals surface area contributed by atoms with Gasteiger partial charge in [-0.15, -0.1) is 11.8 Å². The van der Waals surface area contributed by atoms with E-state index in [0.717, 1.165) is 24.9 Å². The number of carbonyl (C=O) groups excluding carboxylic acids is 1. The Morgan fingerprint density at radius 3 is 2.68 bits per heavy atom. The van der Waals surface area contributed by atoms with Gasteiger partial charge in [0, 0.05) is 29.6 Å². The summed E-state index contributed by atoms with van der Waals surface area (Å²) in [5, 5.41) is 0. The van der Waals surface area contributed by atoms with Crippen LogP contribution in [0.25, 0.3) is 0 Å². The molecule has 1 amide bonds. The maximum absolute atomic E-state index is 12.6. The number of thioether (sulfide) groups is 1. The molecule has 4 heteroatoms. The van der Waals surface area contributed by atoms with Gasteiger partial charge in [-0.25, -0.2) is 0 Å². The van der Waals surface area contributed by atoms with Crippen molar-refractivity contribution in [2.45, 2.75) is 30.7 Å². The number of amides is 1. The first-order valence-corrected chi connectivity index (χ1v) is 8.05. The number of hydrogen-bond donors (Lipinski definition) is 1. The number of piperidine rings is 1. The van der Waals surface area contributed by atoms with Crippen LogP contribution in [0, 0.1) is 5.92 Å². The van der Waals surface area contributed by atoms with Crippen LogP contribution < -0.4 is 5.73 Å². The van der Waals surface area contributed by atoms with Crippen molar-refractivity contribution in [2.75, 3.05) is 19.3 Å². The Bertz CT molecular complexity index is 432. The molecule has 0 aromatic heterocycles. The van der Waals surface area contributed by atoms with Crippen molar-refractivity contribution in [3.63, 3.8) is 0 Å². The number of carbonyl (C=O) groups is 1. The van der Waals surface area contributed by atoms with Gasteiger partial charge in [-0.1, -0.05) is 6.92 Å². The largest absolute Gasteiger partial charge is 0.334 e. The van der Waals surface area contributed by atoms with Crippen LogP contribution in [0.15, 0.2) is 29.2 Å². The van der Waals surface area contributed by atoms with Crippen molar-refractivity contribution in [1.29, 1.82) is 0 Å². The van der Waals surface area contributed by atoms with Crippen LogP contribution in [0.5, 0.6) is 0 Å². The molecule has 2 atom stereocenters. The minimum atomic E-state index is 0.120. The Morgan fingerprint density at radius 1 is 1.42 bits per heavy atom. The molecule has 2 rings (SSSR count). The third-order valence-electron chi connectivity index (χ3n) is 3.95. The van der Waals surface area contributed by atoms with Gasteiger partial charge in [0.05, 0.1) is 0 Å². The van der Waals surface area contributed by atoms with Crippen molar-refractivity contribution in [1.82, 2.24) is 4.90 Å². The van der Waals surface area contributed by atoms with Gasteiger partial charge in [-0.2, -0.15) is 0 Å². The zero-order valence-electron chi connectivity index (χ0n) is 11.6. The Balaban J connectivity index is 2.16. The summed E-state index contributed by atoms with van der Waals surface area (Å²) in [6.07, 6.45) is 4.27. The summed E-state index contributed by atoms with van der Waals surface area (Å²) in [6, 6.07) is 8.02. The van der Waals surface area contributed by atoms with E-state index in [1.165, 1.54) is 4.90 Å². The summed E-state index contributed by atoms with van der Waals surface area (Å²) in [7, 11) is 0. The molecule has 2 N–H and O–H groups in total. The summed E-state index contributed by atoms with van der Waals surface area (Å²) in [5.41, 5.74) is 6.62. The molecule has 0 saturated carbocycles. The maximum atomic E-state index is 12.6. The van der Waals surface area contributed by atoms with Crippen molar-refractivity contribution < 1.29 is 4.79 Å². The van der Waals surface area contributed by atoms with E-state index >= 15 is 0 Å². The summed E-state index contributed by atoms with van der Waals surface area (Å²) < 4.78 is 0. The van der Waals surface area contributed by atoms with Gasteiger partial charge in [0.1, 0.15) is 0 Å². The highest BCUT2D eigenvalue weighted by atomic mass is 32.2. The summed E-state index contributed by atoms with van der Waals surface area (Å²) in [6.45, 7) is 3.57. The monoisotopic (exact) mass is 278 g/mol. The lowest BCUT2D eigenvalue weighted by Gasteiger charge is -2.39. The van der Waals surface area contributed by atoms with E-state index in [1.54, 1.807) is 11.8 Å². The highest BCUT2D eigenvalue weighted by Gasteiger charge is 2.31. The fraction of sp³-hybridized carbons (Fsp3) is 0.533. The average molecular weight is 278 g/mol. The third-order valence-corrected chi connectivity index (χ3v) is 4.70. The van der Waals surface area contributed by atoms with Gasteiger partial charge in [-0.3, -0.25) is 4.79 Å². The molecule has 19 heavy (non-hydrogen) atoms. The van der Waals surface area contributed by atoms with Gasteiger partial charge >= 0.3 is 0 Å². The number of rotatable bonds is 3. The van der Waals surface area contributed by atoms with Gasteiger partial charge in [0.25, 0.3) is 5.91 Å². The first-order chi connectivity index (χ1) is 9.17. The first kappa shape index (κ1) is 14.4. The molecule has 1 aliphatic rings. The zero-order chi connectivity index (χ0) is 13.8. The van der Waals surface area contributed by atoms with Crippen LogP contribution >= 0.6 is 11.8 Å². The number of hydrogen-bond acceptors (Lipinski definition) is 3. The lowest BCUT2D eigenvalue weighted by molar-refractivity contribution is 0.0532. The van der Waals surface area contributed by atoms with E-state index in [-0.39, 0.29) is 11.9 Å². The predicted octanol–water partition coefficient (Wildman–Crippen LogP) is 2.61. The smallest absolute Gasteiger partial charge is 0.254 e. The summed E-state index contributed by atoms with van der Waals surface area (Å²) in [4.78, 5) is 15.7. The Labute approximate surface area is 119 Å². The molecule has 104 valence electrons. The van der Waals surface area contributed by atoms with Crippen molar-refractivity contribution in [2.24, 2.45) is 11.7 Å². The van der Waals surface area contributed by atoms with E-state index < -0.39 is 0 Å². The number of nitrogens with zero attached hydrogens (tertiary/aromatic N) is 1. The molecule has 1 heterocycles. The molecular formula is C15H22N2OS. The standard InChI is InChI=1S/C15H22N2OS/c1-11-4-3-9-17(14(11)10-16)15(18)12-5-7-13(19-2)8-6-12/h5-8,11,14H,3-4,9-10,16H2,1-2H3. The van der Waals surface area contributed by atoms with E-state index in [9.17, 15) is 4.79 Å². The van der Waals surface area contributed by atoms with Gasteiger partial charge < -0.3 is 10.6 Å². The summed E-state index contributed by atoms with van der Waals surface area (Å²) >= 11 is 1.69. The highest BCUT2D eigenvalue weighted by Crippen LogP contribution is 2.25. The zero-order valence-corrected chi connectivity index (χ0v) is 12.5. The second kappa shape index (κ2) is 6.44. The van der Waals surface area contributed by atoms with Crippen molar-refractivity contribution >= 4 is 17.7 Å². The highest BCUT2D eigenvalue weighted by molar-refractivity contribution is 7.98. The van der Waals surface area contributed by atoms with Crippen LogP contribution in [0.2, 0.25) is 0 Å². The molecule has 3 nitrogen and oxygen atoms in total. The van der Waals surface area contributed by atoms with Gasteiger partial charge in [-0.05, 0) is 49.3 Å². The molecule has 0 spiro atoms. The Morgan fingerprint density at radius 2 is 2.11 bits per heavy atom. The fourth-order valence-electron chi connectivity index (χ4n) is 2.76. The van der Waals surface area contributed by atoms with Crippen LogP contribution in [0.1, 0.15) is 30.1 Å². The molecule has 1 fully saturated rings. The Kier molecular flexibility index (Phi) is 4.88. The third kappa shape index (κ3) is 3.12. The second-order valence-corrected chi connectivity index (χ2v) is 6.03. The number of likely N-dealkylation sites (tertiary alicyclic amines) is 1. The van der Waals surface area contributed by atoms with Gasteiger partial charge in [0.15, 0.2) is 0 Å². The fourth-order valence-corrected chi connectivity index (χ4v) is 3.17. The van der Waals surface area contributed by atoms with Crippen LogP contribution in [0.3, 0.4) is 0 Å². The topological polar surface area (TPSA) is 46.3 Å². The molecule has 0 aliphatic carbocycles. The minimum absolute atomic E-state index is 0.120.